The second-order valence-corrected chi connectivity index (χ2v) is 9.29. The highest BCUT2D eigenvalue weighted by Gasteiger charge is 2.43. The monoisotopic (exact) mass is 448 g/mol. The van der Waals surface area contributed by atoms with Crippen molar-refractivity contribution in [2.75, 3.05) is 19.6 Å². The van der Waals surface area contributed by atoms with Crippen molar-refractivity contribution in [1.29, 1.82) is 0 Å². The summed E-state index contributed by atoms with van der Waals surface area (Å²) >= 11 is 0. The normalized spacial score (nSPS) is 19.8. The molecule has 2 aromatic carbocycles. The van der Waals surface area contributed by atoms with Gasteiger partial charge < -0.3 is 10.2 Å². The third-order valence-corrected chi connectivity index (χ3v) is 7.15. The molecule has 4 rings (SSSR count). The first kappa shape index (κ1) is 23.2. The summed E-state index contributed by atoms with van der Waals surface area (Å²) in [6.45, 7) is 3.70. The van der Waals surface area contributed by atoms with E-state index in [1.807, 2.05) is 42.2 Å². The number of carbonyl (C=O) groups is 2. The summed E-state index contributed by atoms with van der Waals surface area (Å²) < 4.78 is 13.9. The van der Waals surface area contributed by atoms with Gasteiger partial charge in [0.25, 0.3) is 0 Å². The minimum atomic E-state index is -0.581. The number of amides is 2. The Morgan fingerprint density at radius 2 is 1.88 bits per heavy atom. The van der Waals surface area contributed by atoms with E-state index in [0.29, 0.717) is 38.9 Å². The van der Waals surface area contributed by atoms with Crippen LogP contribution in [-0.2, 0) is 16.0 Å². The number of nitrogens with zero attached hydrogens (tertiary/aromatic N) is 1. The van der Waals surface area contributed by atoms with Gasteiger partial charge in [-0.1, -0.05) is 48.6 Å². The van der Waals surface area contributed by atoms with E-state index >= 15 is 0 Å². The fourth-order valence-corrected chi connectivity index (χ4v) is 5.24. The average molecular weight is 449 g/mol. The van der Waals surface area contributed by atoms with E-state index in [1.54, 1.807) is 6.07 Å². The number of halogens is 1. The first-order chi connectivity index (χ1) is 16.0. The average Bonchev–Trinajstić information content (AvgIpc) is 2.85. The second kappa shape index (κ2) is 10.3. The lowest BCUT2D eigenvalue weighted by atomic mass is 9.71. The number of hydrogen-bond acceptors (Lipinski definition) is 2. The quantitative estimate of drug-likeness (QED) is 0.623. The SMILES string of the molecule is CCNC(=O)C1(Cc2ccccc2-c2cccc(F)c2)CCN(C(=O)C2CC=CCC2)CC1. The molecule has 1 unspecified atom stereocenters. The lowest BCUT2D eigenvalue weighted by molar-refractivity contribution is -0.143. The molecule has 2 aromatic rings. The van der Waals surface area contributed by atoms with Crippen LogP contribution in [0.15, 0.2) is 60.7 Å². The molecule has 1 saturated heterocycles. The zero-order valence-electron chi connectivity index (χ0n) is 19.4. The number of benzene rings is 2. The highest BCUT2D eigenvalue weighted by atomic mass is 19.1. The molecule has 5 heteroatoms. The molecule has 1 fully saturated rings. The summed E-state index contributed by atoms with van der Waals surface area (Å²) in [5, 5.41) is 3.04. The van der Waals surface area contributed by atoms with Crippen molar-refractivity contribution in [3.05, 3.63) is 72.1 Å². The van der Waals surface area contributed by atoms with E-state index < -0.39 is 5.41 Å². The van der Waals surface area contributed by atoms with Gasteiger partial charge in [0, 0.05) is 25.6 Å². The fraction of sp³-hybridized carbons (Fsp3) is 0.429. The minimum Gasteiger partial charge on any atom is -0.356 e. The first-order valence-corrected chi connectivity index (χ1v) is 12.1. The van der Waals surface area contributed by atoms with Gasteiger partial charge >= 0.3 is 0 Å². The maximum Gasteiger partial charge on any atom is 0.226 e. The molecule has 1 atom stereocenters. The number of piperidine rings is 1. The largest absolute Gasteiger partial charge is 0.356 e. The molecule has 2 aliphatic rings. The number of nitrogens with one attached hydrogen (secondary N) is 1. The molecule has 0 aromatic heterocycles. The molecule has 0 spiro atoms. The van der Waals surface area contributed by atoms with Crippen molar-refractivity contribution in [3.8, 4) is 11.1 Å². The van der Waals surface area contributed by atoms with Crippen LogP contribution < -0.4 is 5.32 Å². The van der Waals surface area contributed by atoms with Crippen molar-refractivity contribution < 1.29 is 14.0 Å². The standard InChI is InChI=1S/C28H33FN2O2/c1-2-30-27(33)28(15-17-31(18-16-28)26(32)21-9-4-3-5-10-21)20-23-11-6-7-14-25(23)22-12-8-13-24(29)19-22/h3-4,6-8,11-14,19,21H,2,5,9-10,15-18,20H2,1H3,(H,30,33). The molecule has 1 aliphatic heterocycles. The maximum atomic E-state index is 13.9. The highest BCUT2D eigenvalue weighted by molar-refractivity contribution is 5.85. The van der Waals surface area contributed by atoms with E-state index in [1.165, 1.54) is 12.1 Å². The summed E-state index contributed by atoms with van der Waals surface area (Å²) in [6, 6.07) is 14.5. The van der Waals surface area contributed by atoms with Crippen LogP contribution in [0.4, 0.5) is 4.39 Å². The predicted octanol–water partition coefficient (Wildman–Crippen LogP) is 5.14. The number of hydrogen-bond donors (Lipinski definition) is 1. The van der Waals surface area contributed by atoms with Crippen molar-refractivity contribution in [2.24, 2.45) is 11.3 Å². The smallest absolute Gasteiger partial charge is 0.226 e. The van der Waals surface area contributed by atoms with Gasteiger partial charge in [-0.05, 0) is 74.3 Å². The summed E-state index contributed by atoms with van der Waals surface area (Å²) in [5.41, 5.74) is 2.22. The molecular weight excluding hydrogens is 415 g/mol. The Morgan fingerprint density at radius 1 is 1.09 bits per heavy atom. The highest BCUT2D eigenvalue weighted by Crippen LogP contribution is 2.39. The second-order valence-electron chi connectivity index (χ2n) is 9.29. The van der Waals surface area contributed by atoms with E-state index in [-0.39, 0.29) is 23.5 Å². The molecular formula is C28H33FN2O2. The van der Waals surface area contributed by atoms with E-state index in [4.69, 9.17) is 0 Å². The molecule has 1 N–H and O–H groups in total. The molecule has 0 saturated carbocycles. The van der Waals surface area contributed by atoms with E-state index in [2.05, 4.69) is 17.5 Å². The molecule has 174 valence electrons. The van der Waals surface area contributed by atoms with Gasteiger partial charge in [0.1, 0.15) is 5.82 Å². The third kappa shape index (κ3) is 5.18. The van der Waals surface area contributed by atoms with Crippen LogP contribution in [0.25, 0.3) is 11.1 Å². The molecule has 4 nitrogen and oxygen atoms in total. The molecule has 1 heterocycles. The fourth-order valence-electron chi connectivity index (χ4n) is 5.24. The van der Waals surface area contributed by atoms with Crippen LogP contribution in [0, 0.1) is 17.2 Å². The number of allylic oxidation sites excluding steroid dienone is 2. The van der Waals surface area contributed by atoms with Gasteiger partial charge in [0.05, 0.1) is 5.41 Å². The zero-order valence-corrected chi connectivity index (χ0v) is 19.4. The van der Waals surface area contributed by atoms with Crippen LogP contribution in [-0.4, -0.2) is 36.3 Å². The van der Waals surface area contributed by atoms with Crippen LogP contribution in [0.1, 0.15) is 44.6 Å². The van der Waals surface area contributed by atoms with Crippen LogP contribution >= 0.6 is 0 Å². The molecule has 1 aliphatic carbocycles. The van der Waals surface area contributed by atoms with Crippen LogP contribution in [0.5, 0.6) is 0 Å². The predicted molar refractivity (Wildman–Crippen MR) is 129 cm³/mol. The third-order valence-electron chi connectivity index (χ3n) is 7.15. The number of carbonyl (C=O) groups excluding carboxylic acids is 2. The lowest BCUT2D eigenvalue weighted by Crippen LogP contribution is -2.52. The number of rotatable bonds is 6. The molecule has 0 radical (unpaired) electrons. The lowest BCUT2D eigenvalue weighted by Gasteiger charge is -2.42. The summed E-state index contributed by atoms with van der Waals surface area (Å²) in [7, 11) is 0. The van der Waals surface area contributed by atoms with Crippen molar-refractivity contribution in [3.63, 3.8) is 0 Å². The Bertz CT molecular complexity index is 1020. The summed E-state index contributed by atoms with van der Waals surface area (Å²) in [6.07, 6.45) is 8.78. The zero-order chi connectivity index (χ0) is 23.3. The van der Waals surface area contributed by atoms with Gasteiger partial charge in [0.2, 0.25) is 11.8 Å². The maximum absolute atomic E-state index is 13.9. The van der Waals surface area contributed by atoms with Gasteiger partial charge in [0.15, 0.2) is 0 Å². The minimum absolute atomic E-state index is 0.0479. The summed E-state index contributed by atoms with van der Waals surface area (Å²) in [5.74, 6) is 0.0709. The first-order valence-electron chi connectivity index (χ1n) is 12.1. The van der Waals surface area contributed by atoms with Crippen LogP contribution in [0.3, 0.4) is 0 Å². The van der Waals surface area contributed by atoms with Gasteiger partial charge in [-0.25, -0.2) is 4.39 Å². The Morgan fingerprint density at radius 3 is 2.58 bits per heavy atom. The van der Waals surface area contributed by atoms with Gasteiger partial charge in [-0.2, -0.15) is 0 Å². The van der Waals surface area contributed by atoms with Crippen molar-refractivity contribution >= 4 is 11.8 Å². The Labute approximate surface area is 195 Å². The van der Waals surface area contributed by atoms with Crippen molar-refractivity contribution in [2.45, 2.75) is 45.4 Å². The van der Waals surface area contributed by atoms with E-state index in [9.17, 15) is 14.0 Å². The van der Waals surface area contributed by atoms with Crippen LogP contribution in [0.2, 0.25) is 0 Å². The van der Waals surface area contributed by atoms with E-state index in [0.717, 1.165) is 36.0 Å². The Kier molecular flexibility index (Phi) is 7.26. The molecule has 0 bridgehead atoms. The van der Waals surface area contributed by atoms with Gasteiger partial charge in [-0.15, -0.1) is 0 Å². The Balaban J connectivity index is 1.57. The number of likely N-dealkylation sites (tertiary alicyclic amines) is 1. The Hall–Kier alpha value is -2.95. The summed E-state index contributed by atoms with van der Waals surface area (Å²) in [4.78, 5) is 28.3. The van der Waals surface area contributed by atoms with Gasteiger partial charge in [-0.3, -0.25) is 9.59 Å². The molecule has 33 heavy (non-hydrogen) atoms. The topological polar surface area (TPSA) is 49.4 Å². The molecule has 2 amide bonds. The van der Waals surface area contributed by atoms with Crippen molar-refractivity contribution in [1.82, 2.24) is 10.2 Å².